The summed E-state index contributed by atoms with van der Waals surface area (Å²) in [6.07, 6.45) is 0.424. The van der Waals surface area contributed by atoms with E-state index in [4.69, 9.17) is 9.47 Å². The molecule has 30 heavy (non-hydrogen) atoms. The Kier molecular flexibility index (Phi) is 7.55. The summed E-state index contributed by atoms with van der Waals surface area (Å²) in [7, 11) is 5.64. The Morgan fingerprint density at radius 1 is 1.07 bits per heavy atom. The number of aliphatic hydroxyl groups is 1. The summed E-state index contributed by atoms with van der Waals surface area (Å²) in [6.45, 7) is 4.60. The van der Waals surface area contributed by atoms with Gasteiger partial charge in [0.15, 0.2) is 11.5 Å². The number of ether oxygens (including phenoxy) is 2. The van der Waals surface area contributed by atoms with Gasteiger partial charge in [0, 0.05) is 58.7 Å². The molecule has 2 fully saturated rings. The highest BCUT2D eigenvalue weighted by molar-refractivity contribution is 5.43. The molecular formula is C22H35F2N3O3. The van der Waals surface area contributed by atoms with Crippen molar-refractivity contribution in [2.24, 2.45) is 0 Å². The van der Waals surface area contributed by atoms with E-state index in [1.807, 2.05) is 37.2 Å². The number of benzene rings is 1. The molecule has 0 aliphatic carbocycles. The molecule has 0 saturated carbocycles. The average molecular weight is 428 g/mol. The molecular weight excluding hydrogens is 392 g/mol. The van der Waals surface area contributed by atoms with Crippen molar-refractivity contribution < 1.29 is 23.4 Å². The Bertz CT molecular complexity index is 694. The molecule has 0 amide bonds. The normalized spacial score (nSPS) is 25.0. The second-order valence-electron chi connectivity index (χ2n) is 8.95. The van der Waals surface area contributed by atoms with Gasteiger partial charge in [0.1, 0.15) is 6.61 Å². The van der Waals surface area contributed by atoms with Gasteiger partial charge in [-0.25, -0.2) is 8.78 Å². The fourth-order valence-corrected chi connectivity index (χ4v) is 4.19. The molecule has 0 aromatic heterocycles. The van der Waals surface area contributed by atoms with Crippen LogP contribution in [0, 0.1) is 0 Å². The first kappa shape index (κ1) is 23.2. The lowest BCUT2D eigenvalue weighted by Gasteiger charge is -2.36. The second-order valence-corrected chi connectivity index (χ2v) is 8.95. The lowest BCUT2D eigenvalue weighted by Crippen LogP contribution is -2.49. The van der Waals surface area contributed by atoms with Crippen molar-refractivity contribution in [3.8, 4) is 11.5 Å². The van der Waals surface area contributed by atoms with Crippen LogP contribution in [0.1, 0.15) is 24.8 Å². The number of alkyl halides is 2. The van der Waals surface area contributed by atoms with Crippen molar-refractivity contribution in [1.82, 2.24) is 14.7 Å². The molecule has 2 heterocycles. The number of hydrogen-bond acceptors (Lipinski definition) is 6. The molecule has 1 aromatic carbocycles. The molecule has 0 radical (unpaired) electrons. The molecule has 170 valence electrons. The number of likely N-dealkylation sites (N-methyl/N-ethyl adjacent to an activating group) is 1. The quantitative estimate of drug-likeness (QED) is 0.653. The van der Waals surface area contributed by atoms with Crippen molar-refractivity contribution in [3.05, 3.63) is 23.8 Å². The van der Waals surface area contributed by atoms with Crippen LogP contribution in [0.4, 0.5) is 8.78 Å². The van der Waals surface area contributed by atoms with Crippen molar-refractivity contribution >= 4 is 0 Å². The summed E-state index contributed by atoms with van der Waals surface area (Å²) in [5, 5.41) is 11.0. The number of halogens is 2. The third-order valence-electron chi connectivity index (χ3n) is 5.95. The molecule has 0 spiro atoms. The molecule has 1 unspecified atom stereocenters. The lowest BCUT2D eigenvalue weighted by molar-refractivity contribution is -0.0724. The van der Waals surface area contributed by atoms with Crippen molar-refractivity contribution in [2.75, 3.05) is 67.1 Å². The predicted octanol–water partition coefficient (Wildman–Crippen LogP) is 2.30. The predicted molar refractivity (Wildman–Crippen MR) is 113 cm³/mol. The van der Waals surface area contributed by atoms with Gasteiger partial charge in [-0.3, -0.25) is 9.80 Å². The van der Waals surface area contributed by atoms with Gasteiger partial charge in [-0.1, -0.05) is 6.07 Å². The summed E-state index contributed by atoms with van der Waals surface area (Å²) in [5.74, 6) is -1.12. The number of rotatable bonds is 9. The number of β-amino-alcohol motifs (C(OH)–C–C–N with tert-alkyl or cyclic N) is 1. The molecule has 0 bridgehead atoms. The van der Waals surface area contributed by atoms with Gasteiger partial charge in [0.05, 0.1) is 12.7 Å². The Morgan fingerprint density at radius 3 is 2.43 bits per heavy atom. The van der Waals surface area contributed by atoms with E-state index in [9.17, 15) is 13.9 Å². The maximum Gasteiger partial charge on any atom is 0.250 e. The molecule has 1 aromatic rings. The zero-order chi connectivity index (χ0) is 21.8. The Labute approximate surface area is 178 Å². The molecule has 1 N–H and O–H groups in total. The minimum Gasteiger partial charge on any atom is -0.493 e. The largest absolute Gasteiger partial charge is 0.493 e. The molecule has 6 nitrogen and oxygen atoms in total. The van der Waals surface area contributed by atoms with Gasteiger partial charge >= 0.3 is 0 Å². The molecule has 2 saturated heterocycles. The number of nitrogens with zero attached hydrogens (tertiary/aromatic N) is 3. The van der Waals surface area contributed by atoms with Crippen molar-refractivity contribution in [2.45, 2.75) is 37.3 Å². The maximum atomic E-state index is 13.4. The van der Waals surface area contributed by atoms with Gasteiger partial charge in [-0.15, -0.1) is 0 Å². The van der Waals surface area contributed by atoms with E-state index < -0.39 is 11.5 Å². The zero-order valence-corrected chi connectivity index (χ0v) is 18.4. The van der Waals surface area contributed by atoms with Crippen LogP contribution in [-0.2, 0) is 6.54 Å². The van der Waals surface area contributed by atoms with Crippen molar-refractivity contribution in [3.63, 3.8) is 0 Å². The zero-order valence-electron chi connectivity index (χ0n) is 18.4. The number of methoxy groups -OCH3 is 1. The first-order valence-corrected chi connectivity index (χ1v) is 10.7. The second kappa shape index (κ2) is 9.77. The third kappa shape index (κ3) is 6.51. The van der Waals surface area contributed by atoms with Crippen LogP contribution in [0.15, 0.2) is 18.2 Å². The van der Waals surface area contributed by atoms with Gasteiger partial charge in [0.25, 0.3) is 5.92 Å². The Morgan fingerprint density at radius 2 is 1.77 bits per heavy atom. The van der Waals surface area contributed by atoms with Gasteiger partial charge < -0.3 is 19.5 Å². The summed E-state index contributed by atoms with van der Waals surface area (Å²) < 4.78 is 38.0. The summed E-state index contributed by atoms with van der Waals surface area (Å²) >= 11 is 0. The minimum absolute atomic E-state index is 0.116. The van der Waals surface area contributed by atoms with Crippen LogP contribution < -0.4 is 9.47 Å². The maximum absolute atomic E-state index is 13.4. The third-order valence-corrected chi connectivity index (χ3v) is 5.95. The average Bonchev–Trinajstić information content (AvgIpc) is 3.04. The first-order chi connectivity index (χ1) is 14.2. The fourth-order valence-electron chi connectivity index (χ4n) is 4.19. The lowest BCUT2D eigenvalue weighted by atomic mass is 10.00. The van der Waals surface area contributed by atoms with Crippen LogP contribution in [-0.4, -0.2) is 98.4 Å². The summed E-state index contributed by atoms with van der Waals surface area (Å²) in [4.78, 5) is 6.24. The highest BCUT2D eigenvalue weighted by Gasteiger charge is 2.40. The molecule has 2 aliphatic rings. The van der Waals surface area contributed by atoms with Crippen molar-refractivity contribution in [1.29, 1.82) is 0 Å². The van der Waals surface area contributed by atoms with E-state index in [1.165, 1.54) is 0 Å². The van der Waals surface area contributed by atoms with Crippen LogP contribution in [0.3, 0.4) is 0 Å². The van der Waals surface area contributed by atoms with E-state index in [0.29, 0.717) is 51.5 Å². The van der Waals surface area contributed by atoms with Gasteiger partial charge in [-0.2, -0.15) is 0 Å². The van der Waals surface area contributed by atoms with Gasteiger partial charge in [0.2, 0.25) is 0 Å². The number of piperidine rings is 1. The molecule has 2 aliphatic heterocycles. The summed E-state index contributed by atoms with van der Waals surface area (Å²) in [5.41, 5.74) is 0.250. The van der Waals surface area contributed by atoms with E-state index >= 15 is 0 Å². The number of likely N-dealkylation sites (tertiary alicyclic amines) is 2. The minimum atomic E-state index is -2.55. The molecule has 3 rings (SSSR count). The van der Waals surface area contributed by atoms with E-state index in [-0.39, 0.29) is 12.8 Å². The smallest absolute Gasteiger partial charge is 0.250 e. The monoisotopic (exact) mass is 427 g/mol. The molecule has 8 heteroatoms. The Balaban J connectivity index is 1.52. The highest BCUT2D eigenvalue weighted by Crippen LogP contribution is 2.32. The van der Waals surface area contributed by atoms with Crippen LogP contribution in [0.25, 0.3) is 0 Å². The first-order valence-electron chi connectivity index (χ1n) is 10.7. The highest BCUT2D eigenvalue weighted by atomic mass is 19.3. The topological polar surface area (TPSA) is 48.4 Å². The van der Waals surface area contributed by atoms with E-state index in [2.05, 4.69) is 9.80 Å². The van der Waals surface area contributed by atoms with E-state index in [1.54, 1.807) is 7.11 Å². The standard InChI is InChI=1S/C22H35F2N3O3/c1-25(2)12-13-30-19-5-4-18(14-20(19)29-3)15-27-9-6-21(28,17-27)16-26-10-7-22(23,24)8-11-26/h4-5,14,28H,6-13,15-17H2,1-3H3. The Hall–Kier alpha value is -1.48. The SMILES string of the molecule is COc1cc(CN2CCC(O)(CN3CCC(F)(F)CC3)C2)ccc1OCCN(C)C. The van der Waals surface area contributed by atoms with Crippen LogP contribution >= 0.6 is 0 Å². The van der Waals surface area contributed by atoms with Crippen LogP contribution in [0.5, 0.6) is 11.5 Å². The summed E-state index contributed by atoms with van der Waals surface area (Å²) in [6, 6.07) is 5.94. The number of hydrogen-bond donors (Lipinski definition) is 1. The fraction of sp³-hybridized carbons (Fsp3) is 0.727. The van der Waals surface area contributed by atoms with Gasteiger partial charge in [-0.05, 0) is 38.2 Å². The van der Waals surface area contributed by atoms with Crippen LogP contribution in [0.2, 0.25) is 0 Å². The molecule has 1 atom stereocenters. The van der Waals surface area contributed by atoms with E-state index in [0.717, 1.165) is 24.4 Å².